The van der Waals surface area contributed by atoms with E-state index in [1.807, 2.05) is 39.0 Å². The molecule has 0 bridgehead atoms. The third kappa shape index (κ3) is 4.44. The van der Waals surface area contributed by atoms with Crippen molar-refractivity contribution in [2.24, 2.45) is 0 Å². The van der Waals surface area contributed by atoms with Gasteiger partial charge in [-0.1, -0.05) is 19.1 Å². The van der Waals surface area contributed by atoms with Gasteiger partial charge in [-0.3, -0.25) is 10.1 Å². The molecular weight excluding hydrogens is 356 g/mol. The minimum atomic E-state index is -0.869. The van der Waals surface area contributed by atoms with Crippen molar-refractivity contribution in [2.45, 2.75) is 59.0 Å². The summed E-state index contributed by atoms with van der Waals surface area (Å²) in [5.41, 5.74) is 3.76. The van der Waals surface area contributed by atoms with E-state index < -0.39 is 12.0 Å². The van der Waals surface area contributed by atoms with Gasteiger partial charge in [-0.05, 0) is 56.9 Å². The molecule has 0 radical (unpaired) electrons. The van der Waals surface area contributed by atoms with Crippen LogP contribution in [0.5, 0.6) is 5.75 Å². The first-order valence-corrected chi connectivity index (χ1v) is 9.77. The zero-order valence-corrected chi connectivity index (χ0v) is 16.9. The van der Waals surface area contributed by atoms with E-state index in [1.54, 1.807) is 0 Å². The number of aliphatic carboxylic acids is 1. The number of hydrogen-bond acceptors (Lipinski definition) is 5. The number of nitrogens with zero attached hydrogens (tertiary/aromatic N) is 1. The molecule has 0 saturated carbocycles. The molecule has 2 aromatic rings. The number of aromatic nitrogens is 1. The van der Waals surface area contributed by atoms with Gasteiger partial charge >= 0.3 is 5.97 Å². The minimum Gasteiger partial charge on any atom is -0.493 e. The number of hydrogen-bond donors (Lipinski definition) is 2. The molecule has 1 aliphatic rings. The summed E-state index contributed by atoms with van der Waals surface area (Å²) < 4.78 is 11.6. The lowest BCUT2D eigenvalue weighted by atomic mass is 9.90. The van der Waals surface area contributed by atoms with E-state index in [9.17, 15) is 9.90 Å². The number of aryl methyl sites for hydroxylation is 1. The normalized spacial score (nSPS) is 19.4. The van der Waals surface area contributed by atoms with Gasteiger partial charge in [-0.2, -0.15) is 0 Å². The molecule has 0 fully saturated rings. The van der Waals surface area contributed by atoms with Gasteiger partial charge in [0, 0.05) is 18.0 Å². The van der Waals surface area contributed by atoms with Crippen molar-refractivity contribution in [1.29, 1.82) is 0 Å². The van der Waals surface area contributed by atoms with Crippen LogP contribution in [-0.2, 0) is 17.6 Å². The van der Waals surface area contributed by atoms with Crippen LogP contribution in [0.25, 0.3) is 5.57 Å². The molecule has 6 nitrogen and oxygen atoms in total. The highest BCUT2D eigenvalue weighted by molar-refractivity contribution is 5.77. The first-order chi connectivity index (χ1) is 13.4. The number of rotatable bonds is 7. The van der Waals surface area contributed by atoms with Crippen LogP contribution in [0, 0.1) is 6.92 Å². The highest BCUT2D eigenvalue weighted by Gasteiger charge is 2.29. The molecule has 1 aromatic heterocycles. The summed E-state index contributed by atoms with van der Waals surface area (Å²) >= 11 is 0. The smallest absolute Gasteiger partial charge is 0.325 e. The lowest BCUT2D eigenvalue weighted by Crippen LogP contribution is -2.41. The number of carboxylic acids is 1. The molecule has 1 aromatic carbocycles. The molecule has 0 aliphatic carbocycles. The molecule has 0 unspecified atom stereocenters. The molecule has 2 atom stereocenters. The number of allylic oxidation sites excluding steroid dienone is 2. The summed E-state index contributed by atoms with van der Waals surface area (Å²) in [5, 5.41) is 12.6. The fourth-order valence-electron chi connectivity index (χ4n) is 3.57. The highest BCUT2D eigenvalue weighted by Crippen LogP contribution is 2.29. The van der Waals surface area contributed by atoms with Crippen molar-refractivity contribution in [3.05, 3.63) is 52.7 Å². The second kappa shape index (κ2) is 8.61. The predicted octanol–water partition coefficient (Wildman–Crippen LogP) is 4.08. The van der Waals surface area contributed by atoms with E-state index in [0.717, 1.165) is 41.0 Å². The van der Waals surface area contributed by atoms with Gasteiger partial charge in [-0.15, -0.1) is 0 Å². The summed E-state index contributed by atoms with van der Waals surface area (Å²) in [7, 11) is 0. The van der Waals surface area contributed by atoms with Crippen molar-refractivity contribution in [3.63, 3.8) is 0 Å². The molecular formula is C22H28N2O4. The van der Waals surface area contributed by atoms with Crippen molar-refractivity contribution < 1.29 is 19.1 Å². The molecule has 0 amide bonds. The maximum absolute atomic E-state index is 11.6. The fourth-order valence-corrected chi connectivity index (χ4v) is 3.57. The van der Waals surface area contributed by atoms with Crippen LogP contribution < -0.4 is 10.1 Å². The van der Waals surface area contributed by atoms with Crippen molar-refractivity contribution in [2.75, 3.05) is 6.61 Å². The summed E-state index contributed by atoms with van der Waals surface area (Å²) in [4.78, 5) is 16.2. The molecule has 28 heavy (non-hydrogen) atoms. The van der Waals surface area contributed by atoms with Crippen LogP contribution in [0.3, 0.4) is 0 Å². The average molecular weight is 384 g/mol. The number of carboxylic acid groups (broad SMARTS) is 1. The molecule has 0 saturated heterocycles. The Kier molecular flexibility index (Phi) is 6.19. The van der Waals surface area contributed by atoms with Gasteiger partial charge in [-0.25, -0.2) is 4.98 Å². The van der Waals surface area contributed by atoms with Crippen LogP contribution in [0.2, 0.25) is 0 Å². The van der Waals surface area contributed by atoms with E-state index >= 15 is 0 Å². The maximum atomic E-state index is 11.6. The Hall–Kier alpha value is -2.60. The van der Waals surface area contributed by atoms with Crippen molar-refractivity contribution in [1.82, 2.24) is 10.3 Å². The summed E-state index contributed by atoms with van der Waals surface area (Å²) in [5.74, 6) is 1.26. The summed E-state index contributed by atoms with van der Waals surface area (Å²) in [6, 6.07) is 5.15. The lowest BCUT2D eigenvalue weighted by molar-refractivity contribution is -0.140. The molecule has 1 aliphatic heterocycles. The van der Waals surface area contributed by atoms with E-state index in [2.05, 4.69) is 23.3 Å². The largest absolute Gasteiger partial charge is 0.493 e. The maximum Gasteiger partial charge on any atom is 0.325 e. The Morgan fingerprint density at radius 1 is 1.46 bits per heavy atom. The minimum absolute atomic E-state index is 0.134. The first kappa shape index (κ1) is 20.1. The number of oxazole rings is 1. The van der Waals surface area contributed by atoms with E-state index in [-0.39, 0.29) is 6.04 Å². The highest BCUT2D eigenvalue weighted by atomic mass is 16.5. The van der Waals surface area contributed by atoms with E-state index in [4.69, 9.17) is 9.15 Å². The zero-order valence-electron chi connectivity index (χ0n) is 16.9. The molecule has 0 spiro atoms. The fraction of sp³-hybridized carbons (Fsp3) is 0.455. The summed E-state index contributed by atoms with van der Waals surface area (Å²) in [6.45, 7) is 8.43. The predicted molar refractivity (Wildman–Crippen MR) is 108 cm³/mol. The first-order valence-electron chi connectivity index (χ1n) is 9.77. The number of carbonyl (C=O) groups is 1. The van der Waals surface area contributed by atoms with Crippen molar-refractivity contribution in [3.8, 4) is 5.75 Å². The average Bonchev–Trinajstić information content (AvgIpc) is 3.02. The van der Waals surface area contributed by atoms with Crippen LogP contribution in [-0.4, -0.2) is 28.7 Å². The number of nitrogens with one attached hydrogen (secondary N) is 1. The van der Waals surface area contributed by atoms with Crippen LogP contribution in [0.15, 0.2) is 28.7 Å². The van der Waals surface area contributed by atoms with Gasteiger partial charge < -0.3 is 14.3 Å². The topological polar surface area (TPSA) is 84.6 Å². The number of benzene rings is 1. The van der Waals surface area contributed by atoms with E-state index in [1.165, 1.54) is 0 Å². The van der Waals surface area contributed by atoms with Gasteiger partial charge in [0.15, 0.2) is 0 Å². The SMILES string of the molecule is CCC=C(C)c1nc(CCOc2ccc3c(c2)[C@H](C(=O)O)N[C@@H](C)C3)c(C)o1. The van der Waals surface area contributed by atoms with Gasteiger partial charge in [0.2, 0.25) is 5.89 Å². The second-order valence-corrected chi connectivity index (χ2v) is 7.32. The Morgan fingerprint density at radius 3 is 2.96 bits per heavy atom. The van der Waals surface area contributed by atoms with Crippen LogP contribution >= 0.6 is 0 Å². The Balaban J connectivity index is 1.67. The Morgan fingerprint density at radius 2 is 2.25 bits per heavy atom. The molecule has 6 heteroatoms. The number of ether oxygens (including phenoxy) is 1. The second-order valence-electron chi connectivity index (χ2n) is 7.32. The van der Waals surface area contributed by atoms with Crippen LogP contribution in [0.4, 0.5) is 0 Å². The van der Waals surface area contributed by atoms with Gasteiger partial charge in [0.1, 0.15) is 17.6 Å². The standard InChI is InChI=1S/C22H28N2O4/c1-5-6-13(2)21-24-19(15(4)28-21)9-10-27-17-8-7-16-11-14(3)23-20(22(25)26)18(16)12-17/h6-8,12,14,20,23H,5,9-11H2,1-4H3,(H,25,26)/t14-,20+/m0/s1. The van der Waals surface area contributed by atoms with Crippen molar-refractivity contribution >= 4 is 11.5 Å². The lowest BCUT2D eigenvalue weighted by Gasteiger charge is -2.29. The Labute approximate surface area is 165 Å². The Bertz CT molecular complexity index is 885. The van der Waals surface area contributed by atoms with Gasteiger partial charge in [0.25, 0.3) is 0 Å². The monoisotopic (exact) mass is 384 g/mol. The quantitative estimate of drug-likeness (QED) is 0.748. The molecule has 2 heterocycles. The van der Waals surface area contributed by atoms with E-state index in [0.29, 0.717) is 24.7 Å². The van der Waals surface area contributed by atoms with Crippen LogP contribution in [0.1, 0.15) is 61.7 Å². The zero-order chi connectivity index (χ0) is 20.3. The molecule has 3 rings (SSSR count). The third-order valence-electron chi connectivity index (χ3n) is 5.00. The summed E-state index contributed by atoms with van der Waals surface area (Å²) in [6.07, 6.45) is 4.47. The molecule has 150 valence electrons. The molecule has 2 N–H and O–H groups in total. The third-order valence-corrected chi connectivity index (χ3v) is 5.00. The number of fused-ring (bicyclic) bond motifs is 1. The van der Waals surface area contributed by atoms with Gasteiger partial charge in [0.05, 0.1) is 12.3 Å².